The molecule has 1 aliphatic carbocycles. The minimum absolute atomic E-state index is 0.0432. The summed E-state index contributed by atoms with van der Waals surface area (Å²) in [5, 5.41) is 3.56. The van der Waals surface area contributed by atoms with Gasteiger partial charge < -0.3 is 10.2 Å². The van der Waals surface area contributed by atoms with Gasteiger partial charge >= 0.3 is 0 Å². The molecule has 1 aliphatic heterocycles. The Morgan fingerprint density at radius 2 is 1.90 bits per heavy atom. The maximum atomic E-state index is 14.2. The second kappa shape index (κ2) is 4.95. The van der Waals surface area contributed by atoms with Gasteiger partial charge in [-0.1, -0.05) is 15.9 Å². The molecule has 2 nitrogen and oxygen atoms in total. The first-order valence-corrected chi connectivity index (χ1v) is 7.86. The van der Waals surface area contributed by atoms with Crippen molar-refractivity contribution in [2.75, 3.05) is 18.0 Å². The lowest BCUT2D eigenvalue weighted by Gasteiger charge is -2.47. The standard InChI is InChI=1S/C15H19BrF2N2/c1-9-7-19-15(2,10-3-4-10)8-20(9)14-12(17)5-11(16)6-13(14)18/h5-6,9-10,19H,3-4,7-8H2,1-2H3. The quantitative estimate of drug-likeness (QED) is 0.879. The van der Waals surface area contributed by atoms with Crippen LogP contribution < -0.4 is 10.2 Å². The van der Waals surface area contributed by atoms with E-state index >= 15 is 0 Å². The highest BCUT2D eigenvalue weighted by atomic mass is 79.9. The van der Waals surface area contributed by atoms with E-state index in [1.165, 1.54) is 25.0 Å². The largest absolute Gasteiger partial charge is 0.361 e. The van der Waals surface area contributed by atoms with Crippen molar-refractivity contribution >= 4 is 21.6 Å². The molecule has 3 rings (SSSR count). The third kappa shape index (κ3) is 2.46. The van der Waals surface area contributed by atoms with Crippen LogP contribution in [0.15, 0.2) is 16.6 Å². The van der Waals surface area contributed by atoms with Crippen molar-refractivity contribution in [2.24, 2.45) is 5.92 Å². The Balaban J connectivity index is 1.95. The first-order valence-electron chi connectivity index (χ1n) is 7.07. The monoisotopic (exact) mass is 344 g/mol. The predicted molar refractivity (Wildman–Crippen MR) is 80.0 cm³/mol. The summed E-state index contributed by atoms with van der Waals surface area (Å²) < 4.78 is 28.8. The Morgan fingerprint density at radius 1 is 1.30 bits per heavy atom. The number of benzene rings is 1. The van der Waals surface area contributed by atoms with Crippen LogP contribution in [0, 0.1) is 17.6 Å². The fraction of sp³-hybridized carbons (Fsp3) is 0.600. The van der Waals surface area contributed by atoms with Crippen molar-refractivity contribution in [3.63, 3.8) is 0 Å². The summed E-state index contributed by atoms with van der Waals surface area (Å²) in [7, 11) is 0. The molecule has 1 aromatic rings. The second-order valence-electron chi connectivity index (χ2n) is 6.27. The summed E-state index contributed by atoms with van der Waals surface area (Å²) in [5.41, 5.74) is 0.0624. The van der Waals surface area contributed by atoms with Crippen molar-refractivity contribution < 1.29 is 8.78 Å². The summed E-state index contributed by atoms with van der Waals surface area (Å²) in [4.78, 5) is 1.88. The van der Waals surface area contributed by atoms with Gasteiger partial charge in [0.2, 0.25) is 0 Å². The van der Waals surface area contributed by atoms with Gasteiger partial charge in [0.05, 0.1) is 0 Å². The maximum absolute atomic E-state index is 14.2. The molecule has 110 valence electrons. The Morgan fingerprint density at radius 3 is 2.45 bits per heavy atom. The van der Waals surface area contributed by atoms with Crippen molar-refractivity contribution in [1.29, 1.82) is 0 Å². The van der Waals surface area contributed by atoms with Gasteiger partial charge in [-0.3, -0.25) is 0 Å². The van der Waals surface area contributed by atoms with Gasteiger partial charge in [0.15, 0.2) is 11.6 Å². The Labute approximate surface area is 126 Å². The van der Waals surface area contributed by atoms with E-state index in [0.29, 0.717) is 16.9 Å². The highest BCUT2D eigenvalue weighted by Gasteiger charge is 2.46. The lowest BCUT2D eigenvalue weighted by molar-refractivity contribution is 0.258. The molecule has 1 N–H and O–H groups in total. The van der Waals surface area contributed by atoms with Gasteiger partial charge in [0.1, 0.15) is 5.69 Å². The molecular formula is C15H19BrF2N2. The van der Waals surface area contributed by atoms with Crippen LogP contribution in [0.25, 0.3) is 0 Å². The lowest BCUT2D eigenvalue weighted by Crippen LogP contribution is -2.63. The number of rotatable bonds is 2. The molecule has 2 unspecified atom stereocenters. The van der Waals surface area contributed by atoms with E-state index in [-0.39, 0.29) is 17.3 Å². The Bertz CT molecular complexity index is 510. The molecule has 5 heteroatoms. The van der Waals surface area contributed by atoms with Gasteiger partial charge in [0, 0.05) is 29.1 Å². The third-order valence-corrected chi connectivity index (χ3v) is 5.04. The third-order valence-electron chi connectivity index (χ3n) is 4.58. The molecule has 1 heterocycles. The zero-order valence-electron chi connectivity index (χ0n) is 11.7. The molecule has 2 atom stereocenters. The number of hydrogen-bond acceptors (Lipinski definition) is 2. The van der Waals surface area contributed by atoms with E-state index in [0.717, 1.165) is 6.54 Å². The summed E-state index contributed by atoms with van der Waals surface area (Å²) in [6.07, 6.45) is 2.41. The van der Waals surface area contributed by atoms with Gasteiger partial charge in [0.25, 0.3) is 0 Å². The number of hydrogen-bond donors (Lipinski definition) is 1. The van der Waals surface area contributed by atoms with Gasteiger partial charge in [-0.2, -0.15) is 0 Å². The maximum Gasteiger partial charge on any atom is 0.150 e. The Kier molecular flexibility index (Phi) is 3.53. The van der Waals surface area contributed by atoms with E-state index in [1.807, 2.05) is 11.8 Å². The van der Waals surface area contributed by atoms with E-state index < -0.39 is 11.6 Å². The van der Waals surface area contributed by atoms with Crippen molar-refractivity contribution in [1.82, 2.24) is 5.32 Å². The summed E-state index contributed by atoms with van der Waals surface area (Å²) in [6, 6.07) is 2.75. The van der Waals surface area contributed by atoms with E-state index in [9.17, 15) is 8.78 Å². The van der Waals surface area contributed by atoms with Crippen molar-refractivity contribution in [2.45, 2.75) is 38.3 Å². The fourth-order valence-corrected chi connectivity index (χ4v) is 3.56. The van der Waals surface area contributed by atoms with Crippen LogP contribution in [0.5, 0.6) is 0 Å². The molecule has 1 saturated carbocycles. The van der Waals surface area contributed by atoms with Gasteiger partial charge in [-0.05, 0) is 44.7 Å². The highest BCUT2D eigenvalue weighted by Crippen LogP contribution is 2.42. The summed E-state index contributed by atoms with van der Waals surface area (Å²) >= 11 is 3.13. The number of halogens is 3. The Hall–Kier alpha value is -0.680. The summed E-state index contributed by atoms with van der Waals surface area (Å²) in [5.74, 6) is -0.369. The average Bonchev–Trinajstić information content (AvgIpc) is 3.17. The first kappa shape index (κ1) is 14.3. The van der Waals surface area contributed by atoms with Crippen LogP contribution in [0.4, 0.5) is 14.5 Å². The minimum atomic E-state index is -0.497. The lowest BCUT2D eigenvalue weighted by atomic mass is 9.90. The van der Waals surface area contributed by atoms with Gasteiger partial charge in [-0.15, -0.1) is 0 Å². The van der Waals surface area contributed by atoms with E-state index in [2.05, 4.69) is 28.2 Å². The van der Waals surface area contributed by atoms with Crippen molar-refractivity contribution in [3.8, 4) is 0 Å². The molecule has 0 amide bonds. The number of nitrogens with one attached hydrogen (secondary N) is 1. The van der Waals surface area contributed by atoms with Crippen LogP contribution in [0.1, 0.15) is 26.7 Å². The molecule has 0 spiro atoms. The molecule has 20 heavy (non-hydrogen) atoms. The molecule has 2 aliphatic rings. The molecule has 2 fully saturated rings. The molecule has 0 bridgehead atoms. The predicted octanol–water partition coefficient (Wildman–Crippen LogP) is 3.69. The number of anilines is 1. The van der Waals surface area contributed by atoms with Crippen LogP contribution in [0.2, 0.25) is 0 Å². The molecule has 0 radical (unpaired) electrons. The normalized spacial score (nSPS) is 30.6. The van der Waals surface area contributed by atoms with Crippen molar-refractivity contribution in [3.05, 3.63) is 28.2 Å². The average molecular weight is 345 g/mol. The molecule has 1 saturated heterocycles. The number of nitrogens with zero attached hydrogens (tertiary/aromatic N) is 1. The van der Waals surface area contributed by atoms with Crippen LogP contribution in [-0.4, -0.2) is 24.7 Å². The number of piperazine rings is 1. The van der Waals surface area contributed by atoms with Gasteiger partial charge in [-0.25, -0.2) is 8.78 Å². The van der Waals surface area contributed by atoms with E-state index in [4.69, 9.17) is 0 Å². The van der Waals surface area contributed by atoms with Crippen LogP contribution >= 0.6 is 15.9 Å². The molecular weight excluding hydrogens is 326 g/mol. The molecule has 1 aromatic carbocycles. The topological polar surface area (TPSA) is 15.3 Å². The highest BCUT2D eigenvalue weighted by molar-refractivity contribution is 9.10. The second-order valence-corrected chi connectivity index (χ2v) is 7.18. The van der Waals surface area contributed by atoms with Crippen LogP contribution in [-0.2, 0) is 0 Å². The fourth-order valence-electron chi connectivity index (χ4n) is 3.16. The molecule has 0 aromatic heterocycles. The summed E-state index contributed by atoms with van der Waals surface area (Å²) in [6.45, 7) is 5.56. The first-order chi connectivity index (χ1) is 9.40. The van der Waals surface area contributed by atoms with Crippen LogP contribution in [0.3, 0.4) is 0 Å². The zero-order chi connectivity index (χ0) is 14.5. The van der Waals surface area contributed by atoms with E-state index in [1.54, 1.807) is 0 Å². The smallest absolute Gasteiger partial charge is 0.150 e. The minimum Gasteiger partial charge on any atom is -0.361 e. The zero-order valence-corrected chi connectivity index (χ0v) is 13.3. The SMILES string of the molecule is CC1CNC(C)(C2CC2)CN1c1c(F)cc(Br)cc1F.